The number of nitrogens with one attached hydrogen (secondary N) is 1. The van der Waals surface area contributed by atoms with E-state index < -0.39 is 18.6 Å². The number of ether oxygens (including phenoxy) is 1. The van der Waals surface area contributed by atoms with Crippen LogP contribution in [0.1, 0.15) is 28.8 Å². The molecule has 5 N–H and O–H groups in total. The first-order valence-electron chi connectivity index (χ1n) is 14.0. The highest BCUT2D eigenvalue weighted by molar-refractivity contribution is 5.96. The van der Waals surface area contributed by atoms with Gasteiger partial charge in [0.2, 0.25) is 11.8 Å². The zero-order chi connectivity index (χ0) is 31.4. The van der Waals surface area contributed by atoms with Crippen LogP contribution >= 0.6 is 0 Å². The van der Waals surface area contributed by atoms with Crippen LogP contribution in [-0.4, -0.2) is 80.7 Å². The van der Waals surface area contributed by atoms with Crippen LogP contribution in [0.15, 0.2) is 61.1 Å². The number of alkyl halides is 2. The molecule has 1 fully saturated rings. The monoisotopic (exact) mass is 606 g/mol. The highest BCUT2D eigenvalue weighted by Gasteiger charge is 2.28. The van der Waals surface area contributed by atoms with E-state index in [1.165, 1.54) is 12.1 Å². The van der Waals surface area contributed by atoms with Crippen molar-refractivity contribution in [1.82, 2.24) is 24.2 Å². The fraction of sp³-hybridized carbons (Fsp3) is 0.300. The summed E-state index contributed by atoms with van der Waals surface area (Å²) in [7, 11) is 0. The molecule has 2 aromatic heterocycles. The lowest BCUT2D eigenvalue weighted by molar-refractivity contribution is -0.134. The van der Waals surface area contributed by atoms with Crippen LogP contribution < -0.4 is 21.5 Å². The van der Waals surface area contributed by atoms with Gasteiger partial charge in [0.15, 0.2) is 11.5 Å². The average Bonchev–Trinajstić information content (AvgIpc) is 3.45. The molecule has 3 heterocycles. The van der Waals surface area contributed by atoms with Gasteiger partial charge in [-0.15, -0.1) is 0 Å². The predicted octanol–water partition coefficient (Wildman–Crippen LogP) is 2.93. The van der Waals surface area contributed by atoms with Crippen LogP contribution in [0.3, 0.4) is 0 Å². The van der Waals surface area contributed by atoms with Crippen molar-refractivity contribution in [2.75, 3.05) is 31.5 Å². The van der Waals surface area contributed by atoms with E-state index in [4.69, 9.17) is 11.5 Å². The number of benzene rings is 2. The summed E-state index contributed by atoms with van der Waals surface area (Å²) in [5.41, 5.74) is 15.1. The molecule has 230 valence electrons. The van der Waals surface area contributed by atoms with Gasteiger partial charge in [-0.25, -0.2) is 9.97 Å². The number of fused-ring (bicyclic) bond motifs is 1. The molecule has 1 aliphatic rings. The standard InChI is InChI=1S/C30H32F2N8O4/c1-18-16-20(4-7-22(18)28(42)38-12-14-39(15-13-38)29(43)23(33)8-9-25(34)41)37-26-27-36-17-24(40(27)11-10-35-26)19-2-5-21(6-3-19)44-30(31)32/h2-7,10-11,16-17,23,30H,8-9,12-15,33H2,1H3,(H2,34,41)(H,35,37)/t23-/m0/s1. The van der Waals surface area contributed by atoms with E-state index in [0.29, 0.717) is 48.9 Å². The van der Waals surface area contributed by atoms with Crippen molar-refractivity contribution >= 4 is 34.9 Å². The van der Waals surface area contributed by atoms with Gasteiger partial charge in [-0.1, -0.05) is 0 Å². The van der Waals surface area contributed by atoms with Crippen LogP contribution in [-0.2, 0) is 9.59 Å². The third kappa shape index (κ3) is 6.75. The molecule has 1 saturated heterocycles. The fourth-order valence-electron chi connectivity index (χ4n) is 5.10. The molecule has 0 radical (unpaired) electrons. The molecule has 1 atom stereocenters. The van der Waals surface area contributed by atoms with Gasteiger partial charge in [-0.05, 0) is 61.4 Å². The minimum Gasteiger partial charge on any atom is -0.435 e. The quantitative estimate of drug-likeness (QED) is 0.248. The Morgan fingerprint density at radius 1 is 1.02 bits per heavy atom. The Kier molecular flexibility index (Phi) is 8.99. The zero-order valence-electron chi connectivity index (χ0n) is 24.0. The normalized spacial score (nSPS) is 14.1. The van der Waals surface area contributed by atoms with Crippen molar-refractivity contribution in [2.45, 2.75) is 32.4 Å². The van der Waals surface area contributed by atoms with Crippen LogP contribution in [0.25, 0.3) is 16.9 Å². The predicted molar refractivity (Wildman–Crippen MR) is 158 cm³/mol. The molecule has 1 aliphatic heterocycles. The molecule has 3 amide bonds. The minimum atomic E-state index is -2.90. The van der Waals surface area contributed by atoms with E-state index in [0.717, 1.165) is 16.8 Å². The first-order chi connectivity index (χ1) is 21.1. The number of aromatic nitrogens is 3. The summed E-state index contributed by atoms with van der Waals surface area (Å²) in [4.78, 5) is 49.2. The summed E-state index contributed by atoms with van der Waals surface area (Å²) in [6.45, 7) is 0.378. The third-order valence-electron chi connectivity index (χ3n) is 7.42. The summed E-state index contributed by atoms with van der Waals surface area (Å²) in [6, 6.07) is 10.9. The number of nitrogens with two attached hydrogens (primary N) is 2. The average molecular weight is 607 g/mol. The van der Waals surface area contributed by atoms with E-state index in [9.17, 15) is 23.2 Å². The number of halogens is 2. The maximum atomic E-state index is 13.3. The molecule has 5 rings (SSSR count). The first kappa shape index (κ1) is 30.4. The number of aryl methyl sites for hydroxylation is 1. The van der Waals surface area contributed by atoms with Crippen LogP contribution in [0.2, 0.25) is 0 Å². The largest absolute Gasteiger partial charge is 0.435 e. The van der Waals surface area contributed by atoms with E-state index in [1.807, 2.05) is 17.4 Å². The lowest BCUT2D eigenvalue weighted by atomic mass is 10.1. The smallest absolute Gasteiger partial charge is 0.387 e. The second-order valence-electron chi connectivity index (χ2n) is 10.4. The highest BCUT2D eigenvalue weighted by atomic mass is 19.3. The van der Waals surface area contributed by atoms with Crippen molar-refractivity contribution < 1.29 is 27.9 Å². The number of carbonyl (C=O) groups is 3. The van der Waals surface area contributed by atoms with E-state index in [2.05, 4.69) is 20.0 Å². The van der Waals surface area contributed by atoms with Gasteiger partial charge in [-0.2, -0.15) is 8.78 Å². The molecular formula is C30H32F2N8O4. The first-order valence-corrected chi connectivity index (χ1v) is 14.0. The van der Waals surface area contributed by atoms with Gasteiger partial charge in [0.05, 0.1) is 17.9 Å². The summed E-state index contributed by atoms with van der Waals surface area (Å²) >= 11 is 0. The van der Waals surface area contributed by atoms with Gasteiger partial charge in [-0.3, -0.25) is 18.8 Å². The summed E-state index contributed by atoms with van der Waals surface area (Å²) in [5.74, 6) is -0.341. The second kappa shape index (κ2) is 13.0. The molecule has 4 aromatic rings. The van der Waals surface area contributed by atoms with E-state index >= 15 is 0 Å². The lowest BCUT2D eigenvalue weighted by Gasteiger charge is -2.36. The number of rotatable bonds is 10. The Hall–Kier alpha value is -5.11. The Bertz CT molecular complexity index is 1670. The number of imidazole rings is 1. The topological polar surface area (TPSA) is 161 Å². The maximum Gasteiger partial charge on any atom is 0.387 e. The Morgan fingerprint density at radius 3 is 2.39 bits per heavy atom. The Balaban J connectivity index is 1.24. The SMILES string of the molecule is Cc1cc(Nc2nccn3c(-c4ccc(OC(F)F)cc4)cnc23)ccc1C(=O)N1CCN(C(=O)[C@@H](N)CCC(N)=O)CC1. The Morgan fingerprint density at radius 2 is 1.73 bits per heavy atom. The second-order valence-corrected chi connectivity index (χ2v) is 10.4. The number of nitrogens with zero attached hydrogens (tertiary/aromatic N) is 5. The molecule has 2 aromatic carbocycles. The molecule has 0 unspecified atom stereocenters. The fourth-order valence-corrected chi connectivity index (χ4v) is 5.10. The van der Waals surface area contributed by atoms with Crippen LogP contribution in [0.5, 0.6) is 5.75 Å². The molecule has 12 nitrogen and oxygen atoms in total. The number of carbonyl (C=O) groups excluding carboxylic acids is 3. The van der Waals surface area contributed by atoms with Crippen molar-refractivity contribution in [3.63, 3.8) is 0 Å². The van der Waals surface area contributed by atoms with Crippen molar-refractivity contribution in [3.05, 3.63) is 72.2 Å². The highest BCUT2D eigenvalue weighted by Crippen LogP contribution is 2.28. The number of anilines is 2. The summed E-state index contributed by atoms with van der Waals surface area (Å²) < 4.78 is 31.3. The van der Waals surface area contributed by atoms with E-state index in [-0.39, 0.29) is 30.4 Å². The van der Waals surface area contributed by atoms with E-state index in [1.54, 1.807) is 52.7 Å². The molecular weight excluding hydrogens is 574 g/mol. The summed E-state index contributed by atoms with van der Waals surface area (Å²) in [5, 5.41) is 3.27. The van der Waals surface area contributed by atoms with Gasteiger partial charge in [0, 0.05) is 61.8 Å². The molecule has 44 heavy (non-hydrogen) atoms. The van der Waals surface area contributed by atoms with Crippen LogP contribution in [0, 0.1) is 6.92 Å². The van der Waals surface area contributed by atoms with Crippen LogP contribution in [0.4, 0.5) is 20.3 Å². The Labute approximate surface area is 251 Å². The number of hydrogen-bond acceptors (Lipinski definition) is 8. The molecule has 0 spiro atoms. The molecule has 0 saturated carbocycles. The summed E-state index contributed by atoms with van der Waals surface area (Å²) in [6.07, 6.45) is 5.27. The molecule has 14 heteroatoms. The minimum absolute atomic E-state index is 0.0434. The number of piperazine rings is 1. The van der Waals surface area contributed by atoms with Crippen molar-refractivity contribution in [3.8, 4) is 17.0 Å². The van der Waals surface area contributed by atoms with Gasteiger partial charge >= 0.3 is 6.61 Å². The number of hydrogen-bond donors (Lipinski definition) is 3. The lowest BCUT2D eigenvalue weighted by Crippen LogP contribution is -2.54. The molecule has 0 bridgehead atoms. The van der Waals surface area contributed by atoms with Gasteiger partial charge in [0.25, 0.3) is 5.91 Å². The molecule has 0 aliphatic carbocycles. The van der Waals surface area contributed by atoms with Gasteiger partial charge < -0.3 is 31.3 Å². The number of primary amides is 1. The maximum absolute atomic E-state index is 13.3. The van der Waals surface area contributed by atoms with Crippen molar-refractivity contribution in [2.24, 2.45) is 11.5 Å². The zero-order valence-corrected chi connectivity index (χ0v) is 24.0. The third-order valence-corrected chi connectivity index (χ3v) is 7.42. The van der Waals surface area contributed by atoms with Crippen molar-refractivity contribution in [1.29, 1.82) is 0 Å². The van der Waals surface area contributed by atoms with Gasteiger partial charge in [0.1, 0.15) is 5.75 Å². The number of amides is 3.